The van der Waals surface area contributed by atoms with Crippen LogP contribution in [0.1, 0.15) is 38.3 Å². The van der Waals surface area contributed by atoms with Crippen molar-refractivity contribution in [2.75, 3.05) is 40.5 Å². The zero-order chi connectivity index (χ0) is 21.9. The predicted octanol–water partition coefficient (Wildman–Crippen LogP) is 1.71. The van der Waals surface area contributed by atoms with Crippen LogP contribution in [-0.2, 0) is 23.9 Å². The molecule has 1 unspecified atom stereocenters. The van der Waals surface area contributed by atoms with Gasteiger partial charge in [-0.05, 0) is 26.0 Å². The van der Waals surface area contributed by atoms with E-state index in [4.69, 9.17) is 18.9 Å². The second kappa shape index (κ2) is 8.91. The highest BCUT2D eigenvalue weighted by Gasteiger charge is 2.58. The van der Waals surface area contributed by atoms with Gasteiger partial charge in [-0.3, -0.25) is 19.4 Å². The quantitative estimate of drug-likeness (QED) is 0.486. The average Bonchev–Trinajstić information content (AvgIpc) is 3.13. The van der Waals surface area contributed by atoms with Gasteiger partial charge in [0.25, 0.3) is 0 Å². The Hall–Kier alpha value is -2.81. The molecule has 1 atom stereocenters. The lowest BCUT2D eigenvalue weighted by Gasteiger charge is -2.47. The molecule has 1 aromatic rings. The minimum atomic E-state index is -1.54. The minimum absolute atomic E-state index is 0.0331. The summed E-state index contributed by atoms with van der Waals surface area (Å²) in [5.41, 5.74) is -0.862. The van der Waals surface area contributed by atoms with Gasteiger partial charge in [-0.1, -0.05) is 0 Å². The molecule has 2 fully saturated rings. The number of methoxy groups -OCH3 is 2. The van der Waals surface area contributed by atoms with Crippen molar-refractivity contribution in [1.82, 2.24) is 10.0 Å². The predicted molar refractivity (Wildman–Crippen MR) is 106 cm³/mol. The van der Waals surface area contributed by atoms with Crippen LogP contribution < -0.4 is 9.47 Å². The van der Waals surface area contributed by atoms with Gasteiger partial charge in [0.1, 0.15) is 11.5 Å². The second-order valence-electron chi connectivity index (χ2n) is 7.23. The van der Waals surface area contributed by atoms with Gasteiger partial charge in [-0.25, -0.2) is 5.01 Å². The fourth-order valence-electron chi connectivity index (χ4n) is 4.18. The summed E-state index contributed by atoms with van der Waals surface area (Å²) in [4.78, 5) is 38.8. The van der Waals surface area contributed by atoms with Crippen molar-refractivity contribution in [3.63, 3.8) is 0 Å². The van der Waals surface area contributed by atoms with Gasteiger partial charge in [0.15, 0.2) is 5.41 Å². The molecule has 9 heteroatoms. The number of amides is 1. The molecule has 0 N–H and O–H groups in total. The maximum atomic E-state index is 13.0. The largest absolute Gasteiger partial charge is 0.497 e. The van der Waals surface area contributed by atoms with Crippen molar-refractivity contribution in [2.45, 2.75) is 32.7 Å². The van der Waals surface area contributed by atoms with Crippen LogP contribution in [0.4, 0.5) is 0 Å². The molecule has 30 heavy (non-hydrogen) atoms. The van der Waals surface area contributed by atoms with Crippen LogP contribution in [0.15, 0.2) is 18.2 Å². The maximum Gasteiger partial charge on any atom is 0.324 e. The number of fused-ring (bicyclic) bond motifs is 1. The van der Waals surface area contributed by atoms with E-state index in [-0.39, 0.29) is 32.1 Å². The monoisotopic (exact) mass is 420 g/mol. The molecule has 1 aromatic carbocycles. The van der Waals surface area contributed by atoms with Crippen molar-refractivity contribution in [2.24, 2.45) is 5.41 Å². The summed E-state index contributed by atoms with van der Waals surface area (Å²) < 4.78 is 21.4. The third-order valence-corrected chi connectivity index (χ3v) is 5.57. The van der Waals surface area contributed by atoms with Crippen LogP contribution in [0, 0.1) is 5.41 Å². The van der Waals surface area contributed by atoms with E-state index in [9.17, 15) is 14.4 Å². The maximum absolute atomic E-state index is 13.0. The molecule has 2 aliphatic heterocycles. The number of benzene rings is 1. The Morgan fingerprint density at radius 2 is 1.77 bits per heavy atom. The Balaban J connectivity index is 2.11. The van der Waals surface area contributed by atoms with Crippen LogP contribution in [0.25, 0.3) is 0 Å². The van der Waals surface area contributed by atoms with Gasteiger partial charge in [-0.2, -0.15) is 0 Å². The van der Waals surface area contributed by atoms with Crippen molar-refractivity contribution in [1.29, 1.82) is 0 Å². The lowest BCUT2D eigenvalue weighted by Crippen LogP contribution is -2.60. The second-order valence-corrected chi connectivity index (χ2v) is 7.23. The first-order valence-electron chi connectivity index (χ1n) is 10.0. The Kier molecular flexibility index (Phi) is 6.50. The molecule has 0 aliphatic carbocycles. The van der Waals surface area contributed by atoms with E-state index in [1.54, 1.807) is 49.2 Å². The normalized spacial score (nSPS) is 20.5. The molecular formula is C21H28N2O7. The zero-order valence-corrected chi connectivity index (χ0v) is 17.8. The van der Waals surface area contributed by atoms with Crippen LogP contribution in [0.5, 0.6) is 11.5 Å². The minimum Gasteiger partial charge on any atom is -0.497 e. The summed E-state index contributed by atoms with van der Waals surface area (Å²) in [5.74, 6) is -0.250. The van der Waals surface area contributed by atoms with E-state index in [0.29, 0.717) is 30.0 Å². The first-order chi connectivity index (χ1) is 14.4. The van der Waals surface area contributed by atoms with E-state index in [0.717, 1.165) is 0 Å². The number of hydrogen-bond acceptors (Lipinski definition) is 8. The summed E-state index contributed by atoms with van der Waals surface area (Å²) in [6.45, 7) is 4.10. The molecule has 2 saturated heterocycles. The highest BCUT2D eigenvalue weighted by atomic mass is 16.6. The summed E-state index contributed by atoms with van der Waals surface area (Å²) in [5, 5.41) is 3.37. The molecular weight excluding hydrogens is 392 g/mol. The molecule has 1 amide bonds. The summed E-state index contributed by atoms with van der Waals surface area (Å²) in [7, 11) is 3.07. The summed E-state index contributed by atoms with van der Waals surface area (Å²) in [6.07, 6.45) is 0.340. The topological polar surface area (TPSA) is 94.6 Å². The Labute approximate surface area is 175 Å². The molecule has 0 aromatic heterocycles. The van der Waals surface area contributed by atoms with Crippen LogP contribution >= 0.6 is 0 Å². The highest BCUT2D eigenvalue weighted by Crippen LogP contribution is 2.47. The molecule has 3 rings (SSSR count). The number of esters is 2. The lowest BCUT2D eigenvalue weighted by molar-refractivity contribution is -0.193. The fourth-order valence-corrected chi connectivity index (χ4v) is 4.18. The van der Waals surface area contributed by atoms with Gasteiger partial charge < -0.3 is 18.9 Å². The molecule has 2 aliphatic rings. The molecule has 0 saturated carbocycles. The van der Waals surface area contributed by atoms with E-state index < -0.39 is 23.4 Å². The summed E-state index contributed by atoms with van der Waals surface area (Å²) >= 11 is 0. The Bertz CT molecular complexity index is 808. The number of rotatable bonds is 7. The molecule has 0 bridgehead atoms. The fraction of sp³-hybridized carbons (Fsp3) is 0.571. The van der Waals surface area contributed by atoms with E-state index in [2.05, 4.69) is 0 Å². The van der Waals surface area contributed by atoms with Crippen molar-refractivity contribution < 1.29 is 33.3 Å². The van der Waals surface area contributed by atoms with E-state index in [1.807, 2.05) is 0 Å². The highest BCUT2D eigenvalue weighted by molar-refractivity contribution is 6.01. The molecule has 2 heterocycles. The first kappa shape index (κ1) is 21.9. The third kappa shape index (κ3) is 3.69. The molecule has 0 radical (unpaired) electrons. The molecule has 9 nitrogen and oxygen atoms in total. The van der Waals surface area contributed by atoms with Gasteiger partial charge in [0.05, 0.1) is 33.5 Å². The SMILES string of the molecule is CCOC(=O)C1(C(=O)OCC)CC(c2ccc(OC)cc2OC)N2C(=O)CCN2C1. The first-order valence-corrected chi connectivity index (χ1v) is 10.0. The zero-order valence-electron chi connectivity index (χ0n) is 17.8. The van der Waals surface area contributed by atoms with Crippen molar-refractivity contribution in [3.05, 3.63) is 23.8 Å². The van der Waals surface area contributed by atoms with Gasteiger partial charge in [0, 0.05) is 37.6 Å². The Morgan fingerprint density at radius 1 is 1.10 bits per heavy atom. The average molecular weight is 420 g/mol. The molecule has 164 valence electrons. The van der Waals surface area contributed by atoms with Crippen molar-refractivity contribution >= 4 is 17.8 Å². The summed E-state index contributed by atoms with van der Waals surface area (Å²) in [6, 6.07) is 4.67. The Morgan fingerprint density at radius 3 is 2.33 bits per heavy atom. The number of carbonyl (C=O) groups excluding carboxylic acids is 3. The van der Waals surface area contributed by atoms with Gasteiger partial charge in [0.2, 0.25) is 5.91 Å². The third-order valence-electron chi connectivity index (χ3n) is 5.57. The van der Waals surface area contributed by atoms with Gasteiger partial charge in [-0.15, -0.1) is 0 Å². The van der Waals surface area contributed by atoms with Crippen LogP contribution in [0.2, 0.25) is 0 Å². The number of hydrazine groups is 1. The number of hydrogen-bond donors (Lipinski definition) is 0. The number of ether oxygens (including phenoxy) is 4. The lowest BCUT2D eigenvalue weighted by atomic mass is 9.77. The smallest absolute Gasteiger partial charge is 0.324 e. The molecule has 0 spiro atoms. The van der Waals surface area contributed by atoms with Gasteiger partial charge >= 0.3 is 11.9 Å². The number of carbonyl (C=O) groups is 3. The van der Waals surface area contributed by atoms with Crippen molar-refractivity contribution in [3.8, 4) is 11.5 Å². The number of nitrogens with zero attached hydrogens (tertiary/aromatic N) is 2. The van der Waals surface area contributed by atoms with E-state index >= 15 is 0 Å². The van der Waals surface area contributed by atoms with Crippen LogP contribution in [0.3, 0.4) is 0 Å². The van der Waals surface area contributed by atoms with Crippen LogP contribution in [-0.4, -0.2) is 68.4 Å². The van der Waals surface area contributed by atoms with E-state index in [1.165, 1.54) is 7.11 Å². The standard InChI is InChI=1S/C21H28N2O7/c1-5-29-19(25)21(20(26)30-6-2)12-16(23-18(24)9-10-22(23)13-21)15-8-7-14(27-3)11-17(15)28-4/h7-8,11,16H,5-6,9-10,12-13H2,1-4H3.